The molecule has 1 aromatic heterocycles. The van der Waals surface area contributed by atoms with Gasteiger partial charge in [-0.25, -0.2) is 8.42 Å². The van der Waals surface area contributed by atoms with E-state index in [1.165, 1.54) is 0 Å². The summed E-state index contributed by atoms with van der Waals surface area (Å²) in [7, 11) is -3.56. The molecule has 1 aromatic carbocycles. The van der Waals surface area contributed by atoms with Crippen LogP contribution in [0.4, 0.5) is 0 Å². The molecule has 2 aliphatic rings. The second-order valence-electron chi connectivity index (χ2n) is 7.34. The molecule has 0 unspecified atom stereocenters. The van der Waals surface area contributed by atoms with E-state index in [9.17, 15) is 8.42 Å². The highest BCUT2D eigenvalue weighted by Crippen LogP contribution is 2.47. The van der Waals surface area contributed by atoms with Crippen molar-refractivity contribution < 1.29 is 12.8 Å². The predicted octanol–water partition coefficient (Wildman–Crippen LogP) is 4.83. The molecule has 0 saturated heterocycles. The normalized spacial score (nSPS) is 23.2. The van der Waals surface area contributed by atoms with Crippen LogP contribution in [0, 0.1) is 12.8 Å². The fourth-order valence-electron chi connectivity index (χ4n) is 3.27. The van der Waals surface area contributed by atoms with Crippen molar-refractivity contribution in [3.63, 3.8) is 0 Å². The Labute approximate surface area is 157 Å². The Balaban J connectivity index is 1.61. The summed E-state index contributed by atoms with van der Waals surface area (Å²) >= 11 is 3.41. The molecule has 1 heterocycles. The molecule has 4 nitrogen and oxygen atoms in total. The summed E-state index contributed by atoms with van der Waals surface area (Å²) in [6, 6.07) is 9.37. The first-order chi connectivity index (χ1) is 11.9. The van der Waals surface area contributed by atoms with Gasteiger partial charge in [-0.2, -0.15) is 4.31 Å². The average molecular weight is 424 g/mol. The molecule has 0 aliphatic heterocycles. The Kier molecular flexibility index (Phi) is 4.33. The SMILES string of the molecule is Cc1ccc(S(=O)(=O)N(Cc2ccc([C@@H]3C[C@H]3C)o2)C2CC2)c(Br)c1. The zero-order valence-electron chi connectivity index (χ0n) is 14.4. The smallest absolute Gasteiger partial charge is 0.244 e. The van der Waals surface area contributed by atoms with Crippen molar-refractivity contribution in [3.8, 4) is 0 Å². The Bertz CT molecular complexity index is 901. The Morgan fingerprint density at radius 2 is 1.96 bits per heavy atom. The number of nitrogens with zero attached hydrogens (tertiary/aromatic N) is 1. The maximum Gasteiger partial charge on any atom is 0.244 e. The summed E-state index contributed by atoms with van der Waals surface area (Å²) in [5, 5.41) is 0. The number of hydrogen-bond donors (Lipinski definition) is 0. The maximum absolute atomic E-state index is 13.2. The number of aryl methyl sites for hydroxylation is 1. The molecule has 2 aliphatic carbocycles. The van der Waals surface area contributed by atoms with E-state index in [1.54, 1.807) is 10.4 Å². The average Bonchev–Trinajstić information content (AvgIpc) is 3.45. The summed E-state index contributed by atoms with van der Waals surface area (Å²) in [5.74, 6) is 2.90. The lowest BCUT2D eigenvalue weighted by atomic mass is 10.2. The fraction of sp³-hybridized carbons (Fsp3) is 0.474. The van der Waals surface area contributed by atoms with Crippen LogP contribution in [0.5, 0.6) is 0 Å². The predicted molar refractivity (Wildman–Crippen MR) is 99.9 cm³/mol. The van der Waals surface area contributed by atoms with Crippen LogP contribution in [0.15, 0.2) is 44.1 Å². The second kappa shape index (κ2) is 6.25. The van der Waals surface area contributed by atoms with Crippen LogP contribution in [0.2, 0.25) is 0 Å². The standard InChI is InChI=1S/C19H22BrNO3S/c1-12-3-8-19(17(20)9-12)25(22,23)21(14-4-5-14)11-15-6-7-18(24-15)16-10-13(16)2/h3,6-9,13-14,16H,4-5,10-11H2,1-2H3/t13-,16-/m1/s1. The van der Waals surface area contributed by atoms with Gasteiger partial charge in [-0.3, -0.25) is 0 Å². The molecule has 2 fully saturated rings. The van der Waals surface area contributed by atoms with Crippen molar-refractivity contribution in [1.29, 1.82) is 0 Å². The lowest BCUT2D eigenvalue weighted by molar-refractivity contribution is 0.347. The van der Waals surface area contributed by atoms with Crippen LogP contribution >= 0.6 is 15.9 Å². The van der Waals surface area contributed by atoms with Crippen LogP contribution in [0.1, 0.15) is 49.2 Å². The van der Waals surface area contributed by atoms with Crippen molar-refractivity contribution in [1.82, 2.24) is 4.31 Å². The molecule has 0 bridgehead atoms. The zero-order chi connectivity index (χ0) is 17.8. The van der Waals surface area contributed by atoms with Gasteiger partial charge in [-0.15, -0.1) is 0 Å². The van der Waals surface area contributed by atoms with Crippen molar-refractivity contribution >= 4 is 26.0 Å². The minimum atomic E-state index is -3.56. The van der Waals surface area contributed by atoms with E-state index in [-0.39, 0.29) is 6.04 Å². The van der Waals surface area contributed by atoms with E-state index in [0.29, 0.717) is 27.7 Å². The van der Waals surface area contributed by atoms with Crippen LogP contribution in [-0.4, -0.2) is 18.8 Å². The van der Waals surface area contributed by atoms with E-state index >= 15 is 0 Å². The topological polar surface area (TPSA) is 50.5 Å². The molecule has 0 radical (unpaired) electrons. The summed E-state index contributed by atoms with van der Waals surface area (Å²) in [6.07, 6.45) is 2.99. The zero-order valence-corrected chi connectivity index (χ0v) is 16.8. The van der Waals surface area contributed by atoms with E-state index in [0.717, 1.165) is 36.3 Å². The van der Waals surface area contributed by atoms with Gasteiger partial charge in [-0.1, -0.05) is 13.0 Å². The highest BCUT2D eigenvalue weighted by Gasteiger charge is 2.40. The number of furan rings is 1. The molecule has 134 valence electrons. The van der Waals surface area contributed by atoms with Crippen LogP contribution in [0.3, 0.4) is 0 Å². The van der Waals surface area contributed by atoms with Gasteiger partial charge in [0.15, 0.2) is 0 Å². The summed E-state index contributed by atoms with van der Waals surface area (Å²) < 4.78 is 34.6. The first-order valence-electron chi connectivity index (χ1n) is 8.73. The van der Waals surface area contributed by atoms with Gasteiger partial charge in [0, 0.05) is 16.4 Å². The largest absolute Gasteiger partial charge is 0.464 e. The molecule has 25 heavy (non-hydrogen) atoms. The molecule has 6 heteroatoms. The van der Waals surface area contributed by atoms with Crippen LogP contribution in [0.25, 0.3) is 0 Å². The first kappa shape index (κ1) is 17.3. The highest BCUT2D eigenvalue weighted by atomic mass is 79.9. The molecule has 2 saturated carbocycles. The molecule has 2 atom stereocenters. The Morgan fingerprint density at radius 3 is 2.56 bits per heavy atom. The highest BCUT2D eigenvalue weighted by molar-refractivity contribution is 9.10. The third-order valence-corrected chi connectivity index (χ3v) is 7.97. The van der Waals surface area contributed by atoms with Crippen molar-refractivity contribution in [2.45, 2.75) is 56.5 Å². The molecule has 2 aromatic rings. The van der Waals surface area contributed by atoms with Gasteiger partial charge in [0.1, 0.15) is 11.5 Å². The lowest BCUT2D eigenvalue weighted by Gasteiger charge is -2.21. The second-order valence-corrected chi connectivity index (χ2v) is 10.1. The number of halogens is 1. The van der Waals surface area contributed by atoms with E-state index in [1.807, 2.05) is 31.2 Å². The van der Waals surface area contributed by atoms with E-state index in [4.69, 9.17) is 4.42 Å². The fourth-order valence-corrected chi connectivity index (χ4v) is 6.07. The molecule has 0 spiro atoms. The number of benzene rings is 1. The minimum absolute atomic E-state index is 0.0756. The number of sulfonamides is 1. The lowest BCUT2D eigenvalue weighted by Crippen LogP contribution is -2.32. The van der Waals surface area contributed by atoms with Crippen molar-refractivity contribution in [3.05, 3.63) is 51.9 Å². The molecule has 4 rings (SSSR count). The third-order valence-electron chi connectivity index (χ3n) is 5.10. The number of hydrogen-bond acceptors (Lipinski definition) is 3. The van der Waals surface area contributed by atoms with Gasteiger partial charge in [0.2, 0.25) is 10.0 Å². The first-order valence-corrected chi connectivity index (χ1v) is 11.0. The summed E-state index contributed by atoms with van der Waals surface area (Å²) in [6.45, 7) is 4.46. The van der Waals surface area contributed by atoms with Crippen LogP contribution < -0.4 is 0 Å². The van der Waals surface area contributed by atoms with E-state index in [2.05, 4.69) is 22.9 Å². The van der Waals surface area contributed by atoms with Gasteiger partial charge in [0.05, 0.1) is 11.4 Å². The Morgan fingerprint density at radius 1 is 1.24 bits per heavy atom. The monoisotopic (exact) mass is 423 g/mol. The van der Waals surface area contributed by atoms with Gasteiger partial charge < -0.3 is 4.42 Å². The van der Waals surface area contributed by atoms with Crippen molar-refractivity contribution in [2.75, 3.05) is 0 Å². The maximum atomic E-state index is 13.2. The van der Waals surface area contributed by atoms with Gasteiger partial charge >= 0.3 is 0 Å². The van der Waals surface area contributed by atoms with Gasteiger partial charge in [-0.05, 0) is 77.9 Å². The minimum Gasteiger partial charge on any atom is -0.464 e. The summed E-state index contributed by atoms with van der Waals surface area (Å²) in [4.78, 5) is 0.326. The molecular formula is C19H22BrNO3S. The Hall–Kier alpha value is -1.11. The van der Waals surface area contributed by atoms with E-state index < -0.39 is 10.0 Å². The molecular weight excluding hydrogens is 402 g/mol. The summed E-state index contributed by atoms with van der Waals surface area (Å²) in [5.41, 5.74) is 1.03. The van der Waals surface area contributed by atoms with Gasteiger partial charge in [0.25, 0.3) is 0 Å². The van der Waals surface area contributed by atoms with Crippen LogP contribution in [-0.2, 0) is 16.6 Å². The third kappa shape index (κ3) is 3.44. The van der Waals surface area contributed by atoms with Crippen molar-refractivity contribution in [2.24, 2.45) is 5.92 Å². The quantitative estimate of drug-likeness (QED) is 0.668. The number of rotatable bonds is 6. The molecule has 0 N–H and O–H groups in total. The molecule has 0 amide bonds.